The maximum Gasteiger partial charge on any atom is 0.338 e. The number of aromatic carboxylic acids is 1. The van der Waals surface area contributed by atoms with Crippen LogP contribution in [0.3, 0.4) is 0 Å². The van der Waals surface area contributed by atoms with Gasteiger partial charge in [0.05, 0.1) is 17.8 Å². The fourth-order valence-electron chi connectivity index (χ4n) is 3.61. The van der Waals surface area contributed by atoms with Crippen LogP contribution in [0.5, 0.6) is 0 Å². The average molecular weight is 383 g/mol. The van der Waals surface area contributed by atoms with Crippen molar-refractivity contribution >= 4 is 11.9 Å². The van der Waals surface area contributed by atoms with E-state index in [4.69, 9.17) is 5.11 Å². The zero-order valence-electron chi connectivity index (χ0n) is 16.9. The van der Waals surface area contributed by atoms with E-state index in [-0.39, 0.29) is 22.9 Å². The van der Waals surface area contributed by atoms with Crippen LogP contribution in [0.2, 0.25) is 0 Å². The molecule has 6 nitrogen and oxygen atoms in total. The number of benzene rings is 1. The molecule has 1 aromatic heterocycles. The van der Waals surface area contributed by atoms with E-state index in [1.54, 1.807) is 10.9 Å². The first kappa shape index (κ1) is 20.1. The third kappa shape index (κ3) is 4.80. The van der Waals surface area contributed by atoms with Crippen LogP contribution in [0.25, 0.3) is 0 Å². The topological polar surface area (TPSA) is 75.4 Å². The summed E-state index contributed by atoms with van der Waals surface area (Å²) in [6, 6.07) is 8.71. The number of likely N-dealkylation sites (tertiary alicyclic amines) is 1. The van der Waals surface area contributed by atoms with Crippen LogP contribution in [0, 0.1) is 0 Å². The highest BCUT2D eigenvalue weighted by molar-refractivity contribution is 5.86. The fraction of sp³-hybridized carbons (Fsp3) is 0.500. The number of hydrogen-bond acceptors (Lipinski definition) is 3. The van der Waals surface area contributed by atoms with Crippen molar-refractivity contribution in [3.05, 3.63) is 53.3 Å². The maximum absolute atomic E-state index is 12.6. The van der Waals surface area contributed by atoms with E-state index in [1.807, 2.05) is 4.90 Å². The van der Waals surface area contributed by atoms with Crippen molar-refractivity contribution in [3.63, 3.8) is 0 Å². The molecule has 0 radical (unpaired) electrons. The Balaban J connectivity index is 1.48. The van der Waals surface area contributed by atoms with Crippen molar-refractivity contribution in [3.8, 4) is 0 Å². The van der Waals surface area contributed by atoms with Gasteiger partial charge in [-0.1, -0.05) is 45.0 Å². The number of aromatic nitrogens is 2. The van der Waals surface area contributed by atoms with Crippen LogP contribution in [0.4, 0.5) is 0 Å². The molecule has 1 aromatic carbocycles. The summed E-state index contributed by atoms with van der Waals surface area (Å²) in [4.78, 5) is 25.5. The maximum atomic E-state index is 12.6. The molecular weight excluding hydrogens is 354 g/mol. The van der Waals surface area contributed by atoms with Crippen LogP contribution >= 0.6 is 0 Å². The SMILES string of the molecule is CC(C)(C)c1ccc(CCC(=O)N2CCC(n3cc(C(=O)O)cn3)CC2)cc1. The van der Waals surface area contributed by atoms with E-state index in [2.05, 4.69) is 50.1 Å². The van der Waals surface area contributed by atoms with Crippen molar-refractivity contribution < 1.29 is 14.7 Å². The fourth-order valence-corrected chi connectivity index (χ4v) is 3.61. The van der Waals surface area contributed by atoms with Crippen LogP contribution in [-0.4, -0.2) is 44.8 Å². The summed E-state index contributed by atoms with van der Waals surface area (Å²) < 4.78 is 1.72. The largest absolute Gasteiger partial charge is 0.478 e. The molecule has 0 aliphatic carbocycles. The van der Waals surface area contributed by atoms with E-state index < -0.39 is 5.97 Å². The molecule has 0 bridgehead atoms. The third-order valence-corrected chi connectivity index (χ3v) is 5.49. The molecule has 1 aliphatic rings. The van der Waals surface area contributed by atoms with Crippen molar-refractivity contribution in [1.29, 1.82) is 0 Å². The molecule has 2 aromatic rings. The Bertz CT molecular complexity index is 825. The van der Waals surface area contributed by atoms with Gasteiger partial charge in [0.15, 0.2) is 0 Å². The number of nitrogens with zero attached hydrogens (tertiary/aromatic N) is 3. The second-order valence-electron chi connectivity index (χ2n) is 8.57. The molecule has 3 rings (SSSR count). The number of carbonyl (C=O) groups excluding carboxylic acids is 1. The molecule has 0 atom stereocenters. The van der Waals surface area contributed by atoms with Gasteiger partial charge in [-0.2, -0.15) is 5.10 Å². The second-order valence-corrected chi connectivity index (χ2v) is 8.57. The van der Waals surface area contributed by atoms with Gasteiger partial charge in [-0.15, -0.1) is 0 Å². The molecule has 1 amide bonds. The van der Waals surface area contributed by atoms with Gasteiger partial charge in [0.25, 0.3) is 0 Å². The van der Waals surface area contributed by atoms with Crippen molar-refractivity contribution in [2.24, 2.45) is 0 Å². The Kier molecular flexibility index (Phi) is 5.87. The highest BCUT2D eigenvalue weighted by Gasteiger charge is 2.24. The summed E-state index contributed by atoms with van der Waals surface area (Å²) in [5.74, 6) is -0.778. The molecule has 1 fully saturated rings. The zero-order valence-corrected chi connectivity index (χ0v) is 16.9. The van der Waals surface area contributed by atoms with E-state index in [1.165, 1.54) is 17.3 Å². The van der Waals surface area contributed by atoms with Crippen LogP contribution in [-0.2, 0) is 16.6 Å². The molecule has 1 saturated heterocycles. The number of carboxylic acids is 1. The first-order chi connectivity index (χ1) is 13.2. The number of aryl methyl sites for hydroxylation is 1. The predicted octanol–water partition coefficient (Wildman–Crippen LogP) is 3.68. The van der Waals surface area contributed by atoms with Gasteiger partial charge in [-0.05, 0) is 35.8 Å². The lowest BCUT2D eigenvalue weighted by molar-refractivity contribution is -0.132. The number of hydrogen-bond donors (Lipinski definition) is 1. The standard InChI is InChI=1S/C22H29N3O3/c1-22(2,3)18-7-4-16(5-8-18)6-9-20(26)24-12-10-19(11-13-24)25-15-17(14-23-25)21(27)28/h4-5,7-8,14-15,19H,6,9-13H2,1-3H3,(H,27,28). The van der Waals surface area contributed by atoms with Crippen molar-refractivity contribution in [2.75, 3.05) is 13.1 Å². The minimum Gasteiger partial charge on any atom is -0.478 e. The van der Waals surface area contributed by atoms with Gasteiger partial charge in [-0.25, -0.2) is 4.79 Å². The van der Waals surface area contributed by atoms with Gasteiger partial charge in [-0.3, -0.25) is 9.48 Å². The molecular formula is C22H29N3O3. The quantitative estimate of drug-likeness (QED) is 0.855. The zero-order chi connectivity index (χ0) is 20.3. The van der Waals surface area contributed by atoms with E-state index in [0.29, 0.717) is 19.5 Å². The monoisotopic (exact) mass is 383 g/mol. The Morgan fingerprint density at radius 2 is 1.79 bits per heavy atom. The smallest absolute Gasteiger partial charge is 0.338 e. The number of rotatable bonds is 5. The van der Waals surface area contributed by atoms with E-state index in [0.717, 1.165) is 19.3 Å². The van der Waals surface area contributed by atoms with Crippen LogP contribution < -0.4 is 0 Å². The Labute approximate surface area is 166 Å². The first-order valence-corrected chi connectivity index (χ1v) is 9.88. The number of carboxylic acid groups (broad SMARTS) is 1. The van der Waals surface area contributed by atoms with Crippen molar-refractivity contribution in [1.82, 2.24) is 14.7 Å². The predicted molar refractivity (Wildman–Crippen MR) is 108 cm³/mol. The van der Waals surface area contributed by atoms with Crippen LogP contribution in [0.1, 0.15) is 67.6 Å². The molecule has 2 heterocycles. The lowest BCUT2D eigenvalue weighted by Gasteiger charge is -2.32. The van der Waals surface area contributed by atoms with Crippen molar-refractivity contribution in [2.45, 2.75) is 57.9 Å². The van der Waals surface area contributed by atoms with Gasteiger partial charge >= 0.3 is 5.97 Å². The molecule has 6 heteroatoms. The highest BCUT2D eigenvalue weighted by atomic mass is 16.4. The molecule has 1 aliphatic heterocycles. The lowest BCUT2D eigenvalue weighted by atomic mass is 9.86. The van der Waals surface area contributed by atoms with Gasteiger partial charge in [0.2, 0.25) is 5.91 Å². The lowest BCUT2D eigenvalue weighted by Crippen LogP contribution is -2.39. The number of carbonyl (C=O) groups is 2. The Hall–Kier alpha value is -2.63. The molecule has 1 N–H and O–H groups in total. The van der Waals surface area contributed by atoms with Gasteiger partial charge in [0, 0.05) is 25.7 Å². The van der Waals surface area contributed by atoms with E-state index >= 15 is 0 Å². The van der Waals surface area contributed by atoms with Crippen LogP contribution in [0.15, 0.2) is 36.7 Å². The summed E-state index contributed by atoms with van der Waals surface area (Å²) in [5.41, 5.74) is 2.83. The molecule has 150 valence electrons. The molecule has 28 heavy (non-hydrogen) atoms. The second kappa shape index (κ2) is 8.17. The minimum atomic E-state index is -0.964. The van der Waals surface area contributed by atoms with E-state index in [9.17, 15) is 9.59 Å². The summed E-state index contributed by atoms with van der Waals surface area (Å²) in [7, 11) is 0. The third-order valence-electron chi connectivity index (χ3n) is 5.49. The van der Waals surface area contributed by atoms with Gasteiger partial charge in [0.1, 0.15) is 0 Å². The molecule has 0 spiro atoms. The number of amides is 1. The first-order valence-electron chi connectivity index (χ1n) is 9.88. The minimum absolute atomic E-state index is 0.137. The Morgan fingerprint density at radius 1 is 1.14 bits per heavy atom. The highest BCUT2D eigenvalue weighted by Crippen LogP contribution is 2.24. The molecule has 0 saturated carbocycles. The Morgan fingerprint density at radius 3 is 2.32 bits per heavy atom. The molecule has 0 unspecified atom stereocenters. The summed E-state index contributed by atoms with van der Waals surface area (Å²) >= 11 is 0. The normalized spacial score (nSPS) is 15.6. The number of piperidine rings is 1. The summed E-state index contributed by atoms with van der Waals surface area (Å²) in [6.45, 7) is 7.96. The summed E-state index contributed by atoms with van der Waals surface area (Å²) in [6.07, 6.45) is 5.82. The van der Waals surface area contributed by atoms with Gasteiger partial charge < -0.3 is 10.0 Å². The summed E-state index contributed by atoms with van der Waals surface area (Å²) in [5, 5.41) is 13.2. The average Bonchev–Trinajstić information content (AvgIpc) is 3.16.